The van der Waals surface area contributed by atoms with E-state index in [-0.39, 0.29) is 31.8 Å². The maximum Gasteiger partial charge on any atom is 0.408 e. The van der Waals surface area contributed by atoms with Gasteiger partial charge in [0.2, 0.25) is 17.7 Å². The molecule has 5 N–H and O–H groups in total. The molecule has 0 aliphatic carbocycles. The largest absolute Gasteiger partial charge is 0.460 e. The highest BCUT2D eigenvalue weighted by molar-refractivity contribution is 5.99. The summed E-state index contributed by atoms with van der Waals surface area (Å²) in [6.07, 6.45) is -0.747. The molecule has 0 saturated carbocycles. The Morgan fingerprint density at radius 2 is 1.22 bits per heavy atom. The fourth-order valence-corrected chi connectivity index (χ4v) is 5.75. The van der Waals surface area contributed by atoms with Gasteiger partial charge in [-0.05, 0) is 84.8 Å². The zero-order valence-electron chi connectivity index (χ0n) is 38.6. The number of carbonyl (C=O) groups excluding carboxylic acids is 8. The third-order valence-electron chi connectivity index (χ3n) is 8.82. The van der Waals surface area contributed by atoms with Crippen molar-refractivity contribution in [2.75, 3.05) is 20.1 Å². The molecule has 0 bridgehead atoms. The van der Waals surface area contributed by atoms with Crippen molar-refractivity contribution in [2.45, 2.75) is 130 Å². The number of likely N-dealkylation sites (N-methyl/N-ethyl adjacent to an activating group) is 1. The average Bonchev–Trinajstić information content (AvgIpc) is 3.19. The first-order valence-electron chi connectivity index (χ1n) is 21.1. The van der Waals surface area contributed by atoms with Gasteiger partial charge >= 0.3 is 18.0 Å². The summed E-state index contributed by atoms with van der Waals surface area (Å²) in [6.45, 7) is 13.9. The topological polar surface area (TPSA) is 239 Å². The van der Waals surface area contributed by atoms with E-state index in [0.29, 0.717) is 23.5 Å². The maximum atomic E-state index is 14.0. The number of esters is 2. The molecule has 0 aromatic heterocycles. The van der Waals surface area contributed by atoms with Crippen LogP contribution in [0.5, 0.6) is 0 Å². The lowest BCUT2D eigenvalue weighted by Gasteiger charge is -2.29. The van der Waals surface area contributed by atoms with Crippen LogP contribution in [0, 0.1) is 5.92 Å². The molecular formula is C46H66N6O12. The van der Waals surface area contributed by atoms with E-state index in [2.05, 4.69) is 21.4 Å². The van der Waals surface area contributed by atoms with Crippen LogP contribution < -0.4 is 21.4 Å². The van der Waals surface area contributed by atoms with Gasteiger partial charge in [-0.15, -0.1) is 0 Å². The van der Waals surface area contributed by atoms with Crippen LogP contribution in [0.4, 0.5) is 4.79 Å². The molecule has 0 radical (unpaired) electrons. The van der Waals surface area contributed by atoms with Crippen molar-refractivity contribution in [3.05, 3.63) is 83.9 Å². The first-order valence-corrected chi connectivity index (χ1v) is 21.1. The van der Waals surface area contributed by atoms with Gasteiger partial charge in [-0.25, -0.2) is 9.80 Å². The standard InChI is InChI=1S/C46H66N6O12/c1-30(2)27-35(48-44(61)62-29-33-19-15-12-16-20-33)42(59)47-34(21-24-38(56)63-45(4,5)6)41(58)49-40(31(3)53)43(60)50-52(28-39(57)64-46(7,8)9)37(55)23-22-36(54)51(10)26-25-32-17-13-11-14-18-32/h11-20,22-23,30-31,34-35,40,53H,21,24-29H2,1-10H3,(H,47,59)(H,48,61)(H,49,58)(H,50,60)/b23-22+/t31-,34+,35+,40+/m1/s1. The monoisotopic (exact) mass is 894 g/mol. The van der Waals surface area contributed by atoms with Crippen LogP contribution >= 0.6 is 0 Å². The van der Waals surface area contributed by atoms with Crippen molar-refractivity contribution in [1.29, 1.82) is 0 Å². The van der Waals surface area contributed by atoms with Crippen LogP contribution in [0.2, 0.25) is 0 Å². The minimum Gasteiger partial charge on any atom is -0.460 e. The van der Waals surface area contributed by atoms with Gasteiger partial charge in [0, 0.05) is 32.2 Å². The molecule has 352 valence electrons. The summed E-state index contributed by atoms with van der Waals surface area (Å²) in [4.78, 5) is 108. The van der Waals surface area contributed by atoms with Gasteiger partial charge in [-0.3, -0.25) is 39.0 Å². The van der Waals surface area contributed by atoms with Gasteiger partial charge in [0.1, 0.15) is 42.5 Å². The lowest BCUT2D eigenvalue weighted by atomic mass is 10.0. The van der Waals surface area contributed by atoms with E-state index in [0.717, 1.165) is 17.7 Å². The number of carbonyl (C=O) groups is 8. The highest BCUT2D eigenvalue weighted by atomic mass is 16.6. The van der Waals surface area contributed by atoms with E-state index in [4.69, 9.17) is 14.2 Å². The quantitative estimate of drug-likeness (QED) is 0.0526. The number of nitrogens with one attached hydrogen (secondary N) is 4. The Morgan fingerprint density at radius 1 is 0.688 bits per heavy atom. The zero-order chi connectivity index (χ0) is 48.2. The highest BCUT2D eigenvalue weighted by Gasteiger charge is 2.34. The number of amides is 6. The van der Waals surface area contributed by atoms with E-state index in [1.807, 2.05) is 44.2 Å². The molecule has 0 saturated heterocycles. The summed E-state index contributed by atoms with van der Waals surface area (Å²) in [5.41, 5.74) is 2.08. The third-order valence-corrected chi connectivity index (χ3v) is 8.82. The Hall–Kier alpha value is -6.30. The molecule has 0 unspecified atom stereocenters. The van der Waals surface area contributed by atoms with Crippen molar-refractivity contribution < 1.29 is 57.7 Å². The molecule has 0 fully saturated rings. The second-order valence-electron chi connectivity index (χ2n) is 17.6. The summed E-state index contributed by atoms with van der Waals surface area (Å²) in [7, 11) is 1.54. The lowest BCUT2D eigenvalue weighted by Crippen LogP contribution is -2.61. The maximum absolute atomic E-state index is 14.0. The Balaban J connectivity index is 2.34. The van der Waals surface area contributed by atoms with Crippen molar-refractivity contribution in [1.82, 2.24) is 31.3 Å². The lowest BCUT2D eigenvalue weighted by molar-refractivity contribution is -0.161. The summed E-state index contributed by atoms with van der Waals surface area (Å²) in [6, 6.07) is 13.8. The minimum absolute atomic E-state index is 0.0752. The van der Waals surface area contributed by atoms with Crippen LogP contribution in [-0.4, -0.2) is 118 Å². The number of ether oxygens (including phenoxy) is 3. The van der Waals surface area contributed by atoms with Crippen LogP contribution in [0.15, 0.2) is 72.8 Å². The zero-order valence-corrected chi connectivity index (χ0v) is 38.6. The Kier molecular flexibility index (Phi) is 21.6. The number of hydrogen-bond donors (Lipinski definition) is 5. The Morgan fingerprint density at radius 3 is 1.77 bits per heavy atom. The molecule has 0 aliphatic rings. The predicted molar refractivity (Wildman–Crippen MR) is 236 cm³/mol. The summed E-state index contributed by atoms with van der Waals surface area (Å²) < 4.78 is 16.0. The number of hydrogen-bond acceptors (Lipinski definition) is 12. The predicted octanol–water partition coefficient (Wildman–Crippen LogP) is 3.26. The molecule has 0 aliphatic heterocycles. The second-order valence-corrected chi connectivity index (χ2v) is 17.6. The number of rotatable bonds is 21. The van der Waals surface area contributed by atoms with Crippen LogP contribution in [-0.2, 0) is 60.8 Å². The smallest absolute Gasteiger partial charge is 0.408 e. The van der Waals surface area contributed by atoms with E-state index >= 15 is 0 Å². The van der Waals surface area contributed by atoms with E-state index in [9.17, 15) is 43.5 Å². The summed E-state index contributed by atoms with van der Waals surface area (Å²) in [5.74, 6) is -6.33. The van der Waals surface area contributed by atoms with Crippen LogP contribution in [0.3, 0.4) is 0 Å². The normalized spacial score (nSPS) is 13.4. The molecule has 18 heteroatoms. The first kappa shape index (κ1) is 53.8. The number of hydrazine groups is 1. The van der Waals surface area contributed by atoms with E-state index < -0.39 is 89.5 Å². The molecule has 64 heavy (non-hydrogen) atoms. The number of benzene rings is 2. The van der Waals surface area contributed by atoms with Crippen LogP contribution in [0.1, 0.15) is 92.7 Å². The van der Waals surface area contributed by atoms with Crippen molar-refractivity contribution >= 4 is 47.6 Å². The van der Waals surface area contributed by atoms with Gasteiger partial charge in [-0.2, -0.15) is 0 Å². The van der Waals surface area contributed by atoms with Gasteiger partial charge in [-0.1, -0.05) is 74.5 Å². The average molecular weight is 895 g/mol. The first-order chi connectivity index (χ1) is 29.8. The van der Waals surface area contributed by atoms with Crippen molar-refractivity contribution in [3.8, 4) is 0 Å². The minimum atomic E-state index is -1.81. The third kappa shape index (κ3) is 21.7. The number of alkyl carbamates (subject to hydrolysis) is 1. The van der Waals surface area contributed by atoms with E-state index in [1.54, 1.807) is 78.9 Å². The molecule has 6 amide bonds. The molecule has 2 aromatic rings. The SMILES string of the molecule is CC(C)C[C@H](NC(=O)OCc1ccccc1)C(=O)N[C@@H](CCC(=O)OC(C)(C)C)C(=O)N[C@H](C(=O)NN(CC(=O)OC(C)(C)C)C(=O)/C=C/C(=O)N(C)CCc1ccccc1)[C@@H](C)O. The summed E-state index contributed by atoms with van der Waals surface area (Å²) in [5, 5.41) is 18.8. The number of aliphatic hydroxyl groups is 1. The Bertz CT molecular complexity index is 1910. The van der Waals surface area contributed by atoms with Gasteiger partial charge in [0.15, 0.2) is 0 Å². The number of nitrogens with zero attached hydrogens (tertiary/aromatic N) is 2. The van der Waals surface area contributed by atoms with Gasteiger partial charge in [0.25, 0.3) is 11.8 Å². The molecule has 4 atom stereocenters. The second kappa shape index (κ2) is 25.7. The molecule has 2 aromatic carbocycles. The molecular weight excluding hydrogens is 829 g/mol. The molecule has 0 spiro atoms. The number of aliphatic hydroxyl groups excluding tert-OH is 1. The molecule has 18 nitrogen and oxygen atoms in total. The van der Waals surface area contributed by atoms with Gasteiger partial charge < -0.3 is 40.2 Å². The Labute approximate surface area is 375 Å². The fourth-order valence-electron chi connectivity index (χ4n) is 5.75. The van der Waals surface area contributed by atoms with E-state index in [1.165, 1.54) is 11.8 Å². The molecule has 2 rings (SSSR count). The van der Waals surface area contributed by atoms with Crippen molar-refractivity contribution in [3.63, 3.8) is 0 Å². The van der Waals surface area contributed by atoms with Crippen LogP contribution in [0.25, 0.3) is 0 Å². The molecule has 0 heterocycles. The van der Waals surface area contributed by atoms with Gasteiger partial charge in [0.05, 0.1) is 6.10 Å². The fraction of sp³-hybridized carbons (Fsp3) is 0.522. The van der Waals surface area contributed by atoms with Crippen molar-refractivity contribution in [2.24, 2.45) is 5.92 Å². The highest BCUT2D eigenvalue weighted by Crippen LogP contribution is 2.13. The summed E-state index contributed by atoms with van der Waals surface area (Å²) >= 11 is 0.